The van der Waals surface area contributed by atoms with Crippen molar-refractivity contribution in [3.8, 4) is 0 Å². The zero-order chi connectivity index (χ0) is 23.0. The number of amides is 3. The summed E-state index contributed by atoms with van der Waals surface area (Å²) < 4.78 is 0. The Balaban J connectivity index is 1.29. The second-order valence-electron chi connectivity index (χ2n) is 7.20. The number of para-hydroxylation sites is 2. The summed E-state index contributed by atoms with van der Waals surface area (Å²) in [7, 11) is 0. The van der Waals surface area contributed by atoms with Crippen molar-refractivity contribution in [1.82, 2.24) is 15.3 Å². The normalized spacial score (nSPS) is 10.5. The van der Waals surface area contributed by atoms with Gasteiger partial charge >= 0.3 is 6.03 Å². The van der Waals surface area contributed by atoms with Gasteiger partial charge in [-0.1, -0.05) is 42.1 Å². The first-order valence-corrected chi connectivity index (χ1v) is 11.3. The van der Waals surface area contributed by atoms with Gasteiger partial charge in [-0.05, 0) is 54.1 Å². The van der Waals surface area contributed by atoms with Gasteiger partial charge in [0.15, 0.2) is 5.16 Å². The number of anilines is 2. The molecule has 0 radical (unpaired) electrons. The standard InChI is InChI=1S/C25H23N5O2S/c1-2-15-26-24(32)28-20-13-11-19(12-14-20)27-23(31)18-9-7-17(8-10-18)16-33-25-29-21-5-3-4-6-22(21)30-25/h2-14H,1,15-16H2,(H,27,31)(H,29,30)(H2,26,28,32). The van der Waals surface area contributed by atoms with Crippen LogP contribution in [0.25, 0.3) is 11.0 Å². The van der Waals surface area contributed by atoms with E-state index in [1.165, 1.54) is 0 Å². The van der Waals surface area contributed by atoms with Crippen molar-refractivity contribution in [3.63, 3.8) is 0 Å². The Hall–Kier alpha value is -4.04. The van der Waals surface area contributed by atoms with E-state index in [-0.39, 0.29) is 11.9 Å². The lowest BCUT2D eigenvalue weighted by Gasteiger charge is -2.09. The molecule has 0 aliphatic rings. The number of H-pyrrole nitrogens is 1. The Kier molecular flexibility index (Phi) is 7.06. The number of hydrogen-bond donors (Lipinski definition) is 4. The zero-order valence-electron chi connectivity index (χ0n) is 17.8. The molecule has 3 amide bonds. The molecule has 7 nitrogen and oxygen atoms in total. The molecule has 3 aromatic carbocycles. The molecule has 8 heteroatoms. The molecule has 0 spiro atoms. The molecule has 4 aromatic rings. The molecule has 4 rings (SSSR count). The minimum Gasteiger partial charge on any atom is -0.334 e. The fourth-order valence-corrected chi connectivity index (χ4v) is 3.92. The highest BCUT2D eigenvalue weighted by Crippen LogP contribution is 2.23. The summed E-state index contributed by atoms with van der Waals surface area (Å²) in [5.41, 5.74) is 4.90. The van der Waals surface area contributed by atoms with Gasteiger partial charge in [0, 0.05) is 29.2 Å². The smallest absolute Gasteiger partial charge is 0.319 e. The summed E-state index contributed by atoms with van der Waals surface area (Å²) in [6.45, 7) is 3.94. The highest BCUT2D eigenvalue weighted by molar-refractivity contribution is 7.98. The topological polar surface area (TPSA) is 98.9 Å². The van der Waals surface area contributed by atoms with E-state index in [4.69, 9.17) is 0 Å². The number of benzene rings is 3. The summed E-state index contributed by atoms with van der Waals surface area (Å²) in [5.74, 6) is 0.548. The van der Waals surface area contributed by atoms with Crippen molar-refractivity contribution in [3.05, 3.63) is 96.6 Å². The molecule has 1 heterocycles. The Bertz CT molecular complexity index is 1230. The van der Waals surface area contributed by atoms with Crippen LogP contribution in [0, 0.1) is 0 Å². The van der Waals surface area contributed by atoms with Crippen molar-refractivity contribution in [2.75, 3.05) is 17.2 Å². The lowest BCUT2D eigenvalue weighted by molar-refractivity contribution is 0.102. The van der Waals surface area contributed by atoms with Gasteiger partial charge in [-0.15, -0.1) is 6.58 Å². The molecule has 0 fully saturated rings. The average molecular weight is 458 g/mol. The summed E-state index contributed by atoms with van der Waals surface area (Å²) in [5, 5.41) is 9.07. The quantitative estimate of drug-likeness (QED) is 0.210. The van der Waals surface area contributed by atoms with Crippen LogP contribution in [0.2, 0.25) is 0 Å². The molecule has 33 heavy (non-hydrogen) atoms. The van der Waals surface area contributed by atoms with Gasteiger partial charge in [0.05, 0.1) is 11.0 Å². The number of hydrogen-bond acceptors (Lipinski definition) is 4. The first-order valence-electron chi connectivity index (χ1n) is 10.3. The number of nitrogens with one attached hydrogen (secondary N) is 4. The molecular weight excluding hydrogens is 434 g/mol. The minimum atomic E-state index is -0.315. The van der Waals surface area contributed by atoms with Crippen molar-refractivity contribution in [1.29, 1.82) is 0 Å². The van der Waals surface area contributed by atoms with Gasteiger partial charge in [0.25, 0.3) is 5.91 Å². The minimum absolute atomic E-state index is 0.198. The van der Waals surface area contributed by atoms with E-state index >= 15 is 0 Å². The lowest BCUT2D eigenvalue weighted by Crippen LogP contribution is -2.28. The summed E-state index contributed by atoms with van der Waals surface area (Å²) in [4.78, 5) is 32.1. The fraction of sp³-hybridized carbons (Fsp3) is 0.0800. The summed E-state index contributed by atoms with van der Waals surface area (Å²) >= 11 is 1.62. The number of carbonyl (C=O) groups excluding carboxylic acids is 2. The number of urea groups is 1. The summed E-state index contributed by atoms with van der Waals surface area (Å²) in [6.07, 6.45) is 1.60. The maximum absolute atomic E-state index is 12.6. The third kappa shape index (κ3) is 6.02. The molecule has 0 bridgehead atoms. The lowest BCUT2D eigenvalue weighted by atomic mass is 10.1. The van der Waals surface area contributed by atoms with E-state index in [1.807, 2.05) is 48.5 Å². The molecule has 166 valence electrons. The molecule has 0 saturated heterocycles. The molecule has 1 aromatic heterocycles. The number of rotatable bonds is 8. The maximum Gasteiger partial charge on any atom is 0.319 e. The Morgan fingerprint density at radius 3 is 2.33 bits per heavy atom. The SMILES string of the molecule is C=CCNC(=O)Nc1ccc(NC(=O)c2ccc(CSc3nc4ccccc4[nH]3)cc2)cc1. The van der Waals surface area contributed by atoms with E-state index in [0.29, 0.717) is 23.5 Å². The van der Waals surface area contributed by atoms with Crippen LogP contribution < -0.4 is 16.0 Å². The van der Waals surface area contributed by atoms with Crippen molar-refractivity contribution in [2.45, 2.75) is 10.9 Å². The van der Waals surface area contributed by atoms with Crippen molar-refractivity contribution in [2.24, 2.45) is 0 Å². The van der Waals surface area contributed by atoms with E-state index in [2.05, 4.69) is 32.5 Å². The number of nitrogens with zero attached hydrogens (tertiary/aromatic N) is 1. The Morgan fingerprint density at radius 1 is 0.939 bits per heavy atom. The van der Waals surface area contributed by atoms with Gasteiger partial charge in [0.1, 0.15) is 0 Å². The van der Waals surface area contributed by atoms with Gasteiger partial charge in [-0.2, -0.15) is 0 Å². The molecule has 0 aliphatic carbocycles. The van der Waals surface area contributed by atoms with Crippen LogP contribution >= 0.6 is 11.8 Å². The van der Waals surface area contributed by atoms with Gasteiger partial charge < -0.3 is 20.9 Å². The first kappa shape index (κ1) is 22.2. The third-order valence-electron chi connectivity index (χ3n) is 4.77. The second-order valence-corrected chi connectivity index (χ2v) is 8.16. The predicted molar refractivity (Wildman–Crippen MR) is 134 cm³/mol. The second kappa shape index (κ2) is 10.5. The summed E-state index contributed by atoms with van der Waals surface area (Å²) in [6, 6.07) is 22.0. The van der Waals surface area contributed by atoms with Crippen LogP contribution in [0.5, 0.6) is 0 Å². The predicted octanol–water partition coefficient (Wildman–Crippen LogP) is 5.42. The fourth-order valence-electron chi connectivity index (χ4n) is 3.08. The third-order valence-corrected chi connectivity index (χ3v) is 5.71. The Morgan fingerprint density at radius 2 is 1.64 bits per heavy atom. The van der Waals surface area contributed by atoms with Gasteiger partial charge in [-0.3, -0.25) is 4.79 Å². The highest BCUT2D eigenvalue weighted by atomic mass is 32.2. The highest BCUT2D eigenvalue weighted by Gasteiger charge is 2.08. The maximum atomic E-state index is 12.6. The monoisotopic (exact) mass is 457 g/mol. The van der Waals surface area contributed by atoms with E-state index in [9.17, 15) is 9.59 Å². The number of aromatic amines is 1. The van der Waals surface area contributed by atoms with Crippen LogP contribution in [0.3, 0.4) is 0 Å². The van der Waals surface area contributed by atoms with Crippen LogP contribution in [0.1, 0.15) is 15.9 Å². The largest absolute Gasteiger partial charge is 0.334 e. The molecule has 0 aliphatic heterocycles. The van der Waals surface area contributed by atoms with Crippen LogP contribution in [-0.4, -0.2) is 28.5 Å². The van der Waals surface area contributed by atoms with Crippen molar-refractivity contribution < 1.29 is 9.59 Å². The molecule has 0 saturated carbocycles. The first-order chi connectivity index (χ1) is 16.1. The van der Waals surface area contributed by atoms with E-state index < -0.39 is 0 Å². The van der Waals surface area contributed by atoms with Crippen LogP contribution in [0.4, 0.5) is 16.2 Å². The van der Waals surface area contributed by atoms with E-state index in [1.54, 1.807) is 42.1 Å². The van der Waals surface area contributed by atoms with Gasteiger partial charge in [0.2, 0.25) is 0 Å². The van der Waals surface area contributed by atoms with Gasteiger partial charge in [-0.25, -0.2) is 9.78 Å². The van der Waals surface area contributed by atoms with Crippen LogP contribution in [0.15, 0.2) is 90.6 Å². The molecular formula is C25H23N5O2S. The number of thioether (sulfide) groups is 1. The van der Waals surface area contributed by atoms with Crippen molar-refractivity contribution >= 4 is 46.1 Å². The molecule has 0 unspecified atom stereocenters. The average Bonchev–Trinajstić information content (AvgIpc) is 3.26. The number of fused-ring (bicyclic) bond motifs is 1. The number of carbonyl (C=O) groups is 2. The number of imidazole rings is 1. The Labute approximate surface area is 195 Å². The zero-order valence-corrected chi connectivity index (χ0v) is 18.6. The molecule has 4 N–H and O–H groups in total. The number of aromatic nitrogens is 2. The van der Waals surface area contributed by atoms with Crippen LogP contribution in [-0.2, 0) is 5.75 Å². The molecule has 0 atom stereocenters. The van der Waals surface area contributed by atoms with E-state index in [0.717, 1.165) is 27.5 Å².